The Bertz CT molecular complexity index is 626. The van der Waals surface area contributed by atoms with E-state index in [1.165, 1.54) is 12.1 Å². The van der Waals surface area contributed by atoms with Gasteiger partial charge in [0, 0.05) is 5.92 Å². The van der Waals surface area contributed by atoms with Crippen LogP contribution in [0.3, 0.4) is 0 Å². The van der Waals surface area contributed by atoms with Crippen LogP contribution in [-0.2, 0) is 0 Å². The maximum Gasteiger partial charge on any atom is 0.123 e. The van der Waals surface area contributed by atoms with Gasteiger partial charge in [0.2, 0.25) is 0 Å². The predicted octanol–water partition coefficient (Wildman–Crippen LogP) is 5.34. The zero-order valence-corrected chi connectivity index (χ0v) is 13.0. The summed E-state index contributed by atoms with van der Waals surface area (Å²) in [6.45, 7) is 5.88. The number of ether oxygens (including phenoxy) is 1. The van der Waals surface area contributed by atoms with Crippen LogP contribution < -0.4 is 4.74 Å². The highest BCUT2D eigenvalue weighted by Crippen LogP contribution is 2.28. The summed E-state index contributed by atoms with van der Waals surface area (Å²) < 4.78 is 18.4. The SMILES string of the molecule is C=C[C@@H](C)/C=C/[C@H](c1ccc(F)cc1)c1ccc(OC)cc1. The molecule has 2 atom stereocenters. The average Bonchev–Trinajstić information content (AvgIpc) is 2.56. The molecule has 0 aliphatic heterocycles. The minimum absolute atomic E-state index is 0.0777. The molecule has 22 heavy (non-hydrogen) atoms. The van der Waals surface area contributed by atoms with E-state index < -0.39 is 0 Å². The summed E-state index contributed by atoms with van der Waals surface area (Å²) in [5, 5.41) is 0. The largest absolute Gasteiger partial charge is 0.497 e. The van der Waals surface area contributed by atoms with Crippen molar-refractivity contribution in [3.05, 3.63) is 90.3 Å². The first-order chi connectivity index (χ1) is 10.6. The van der Waals surface area contributed by atoms with Gasteiger partial charge in [-0.1, -0.05) is 49.4 Å². The molecule has 0 aliphatic rings. The topological polar surface area (TPSA) is 9.23 Å². The van der Waals surface area contributed by atoms with Crippen molar-refractivity contribution in [3.63, 3.8) is 0 Å². The lowest BCUT2D eigenvalue weighted by molar-refractivity contribution is 0.414. The third-order valence-corrected chi connectivity index (χ3v) is 3.68. The van der Waals surface area contributed by atoms with Crippen molar-refractivity contribution in [1.82, 2.24) is 0 Å². The van der Waals surface area contributed by atoms with E-state index >= 15 is 0 Å². The molecule has 0 bridgehead atoms. The third kappa shape index (κ3) is 4.08. The zero-order chi connectivity index (χ0) is 15.9. The fourth-order valence-electron chi connectivity index (χ4n) is 2.26. The lowest BCUT2D eigenvalue weighted by Crippen LogP contribution is -1.99. The van der Waals surface area contributed by atoms with Crippen molar-refractivity contribution in [2.75, 3.05) is 7.11 Å². The number of allylic oxidation sites excluding steroid dienone is 3. The Kier molecular flexibility index (Phi) is 5.54. The Hall–Kier alpha value is -2.35. The average molecular weight is 296 g/mol. The highest BCUT2D eigenvalue weighted by Gasteiger charge is 2.11. The van der Waals surface area contributed by atoms with Gasteiger partial charge in [0.05, 0.1) is 7.11 Å². The molecule has 0 heterocycles. The van der Waals surface area contributed by atoms with Crippen LogP contribution >= 0.6 is 0 Å². The molecule has 114 valence electrons. The second-order valence-electron chi connectivity index (χ2n) is 5.28. The van der Waals surface area contributed by atoms with Crippen LogP contribution in [0.2, 0.25) is 0 Å². The van der Waals surface area contributed by atoms with Gasteiger partial charge in [-0.25, -0.2) is 4.39 Å². The summed E-state index contributed by atoms with van der Waals surface area (Å²) in [7, 11) is 1.65. The van der Waals surface area contributed by atoms with Crippen molar-refractivity contribution in [2.45, 2.75) is 12.8 Å². The van der Waals surface area contributed by atoms with Gasteiger partial charge in [-0.2, -0.15) is 0 Å². The number of methoxy groups -OCH3 is 1. The maximum absolute atomic E-state index is 13.2. The molecule has 0 aromatic heterocycles. The fraction of sp³-hybridized carbons (Fsp3) is 0.200. The van der Waals surface area contributed by atoms with Crippen LogP contribution in [0.25, 0.3) is 0 Å². The standard InChI is InChI=1S/C20H21FO/c1-4-15(2)5-14-20(16-6-10-18(21)11-7-16)17-8-12-19(22-3)13-9-17/h4-15,20H,1H2,2-3H3/b14-5+/t15-,20-/m1/s1. The van der Waals surface area contributed by atoms with Gasteiger partial charge in [0.15, 0.2) is 0 Å². The first-order valence-corrected chi connectivity index (χ1v) is 7.34. The van der Waals surface area contributed by atoms with Crippen molar-refractivity contribution in [1.29, 1.82) is 0 Å². The summed E-state index contributed by atoms with van der Waals surface area (Å²) in [4.78, 5) is 0. The zero-order valence-electron chi connectivity index (χ0n) is 13.0. The van der Waals surface area contributed by atoms with Crippen LogP contribution in [0.5, 0.6) is 5.75 Å². The summed E-state index contributed by atoms with van der Waals surface area (Å²) in [5.74, 6) is 0.973. The monoisotopic (exact) mass is 296 g/mol. The third-order valence-electron chi connectivity index (χ3n) is 3.68. The van der Waals surface area contributed by atoms with Gasteiger partial charge in [-0.15, -0.1) is 6.58 Å². The van der Waals surface area contributed by atoms with E-state index in [1.807, 2.05) is 42.5 Å². The first kappa shape index (κ1) is 16.0. The molecule has 2 aromatic rings. The van der Waals surface area contributed by atoms with Crippen LogP contribution in [0.1, 0.15) is 24.0 Å². The molecule has 2 rings (SSSR count). The van der Waals surface area contributed by atoms with E-state index in [0.717, 1.165) is 16.9 Å². The molecule has 0 amide bonds. The summed E-state index contributed by atoms with van der Waals surface area (Å²) in [6.07, 6.45) is 6.15. The quantitative estimate of drug-likeness (QED) is 0.653. The number of rotatable bonds is 6. The maximum atomic E-state index is 13.2. The van der Waals surface area contributed by atoms with Gasteiger partial charge in [0.1, 0.15) is 11.6 Å². The van der Waals surface area contributed by atoms with Gasteiger partial charge in [-0.3, -0.25) is 0 Å². The second kappa shape index (κ2) is 7.60. The Morgan fingerprint density at radius 1 is 0.955 bits per heavy atom. The molecule has 0 saturated carbocycles. The van der Waals surface area contributed by atoms with Crippen molar-refractivity contribution in [2.24, 2.45) is 5.92 Å². The molecule has 0 fully saturated rings. The molecule has 1 nitrogen and oxygen atoms in total. The number of hydrogen-bond acceptors (Lipinski definition) is 1. The number of halogens is 1. The summed E-state index contributed by atoms with van der Waals surface area (Å²) in [5.41, 5.74) is 2.19. The minimum Gasteiger partial charge on any atom is -0.497 e. The first-order valence-electron chi connectivity index (χ1n) is 7.34. The molecule has 2 aromatic carbocycles. The Morgan fingerprint density at radius 3 is 2.00 bits per heavy atom. The Balaban J connectivity index is 2.37. The molecule has 0 aliphatic carbocycles. The molecule has 0 spiro atoms. The van der Waals surface area contributed by atoms with Crippen molar-refractivity contribution in [3.8, 4) is 5.75 Å². The highest BCUT2D eigenvalue weighted by molar-refractivity contribution is 5.39. The van der Waals surface area contributed by atoms with Gasteiger partial charge < -0.3 is 4.74 Å². The van der Waals surface area contributed by atoms with Crippen LogP contribution in [0.15, 0.2) is 73.3 Å². The molecule has 0 radical (unpaired) electrons. The lowest BCUT2D eigenvalue weighted by Gasteiger charge is -2.15. The van der Waals surface area contributed by atoms with Gasteiger partial charge >= 0.3 is 0 Å². The normalized spacial score (nSPS) is 13.8. The number of benzene rings is 2. The fourth-order valence-corrected chi connectivity index (χ4v) is 2.26. The summed E-state index contributed by atoms with van der Waals surface area (Å²) >= 11 is 0. The number of hydrogen-bond donors (Lipinski definition) is 0. The smallest absolute Gasteiger partial charge is 0.123 e. The van der Waals surface area contributed by atoms with E-state index in [2.05, 4.69) is 25.7 Å². The van der Waals surface area contributed by atoms with E-state index in [9.17, 15) is 4.39 Å². The molecule has 2 heteroatoms. The molecule has 0 N–H and O–H groups in total. The van der Waals surface area contributed by atoms with Crippen LogP contribution in [-0.4, -0.2) is 7.11 Å². The molecular weight excluding hydrogens is 275 g/mol. The van der Waals surface area contributed by atoms with Crippen LogP contribution in [0.4, 0.5) is 4.39 Å². The van der Waals surface area contributed by atoms with Gasteiger partial charge in [-0.05, 0) is 41.3 Å². The Morgan fingerprint density at radius 2 is 1.50 bits per heavy atom. The van der Waals surface area contributed by atoms with E-state index in [0.29, 0.717) is 5.92 Å². The van der Waals surface area contributed by atoms with Crippen molar-refractivity contribution >= 4 is 0 Å². The van der Waals surface area contributed by atoms with E-state index in [1.54, 1.807) is 7.11 Å². The summed E-state index contributed by atoms with van der Waals surface area (Å²) in [6, 6.07) is 14.6. The predicted molar refractivity (Wildman–Crippen MR) is 89.7 cm³/mol. The lowest BCUT2D eigenvalue weighted by atomic mass is 9.90. The Labute approximate surface area is 131 Å². The van der Waals surface area contributed by atoms with Crippen LogP contribution in [0, 0.1) is 11.7 Å². The van der Waals surface area contributed by atoms with Crippen molar-refractivity contribution < 1.29 is 9.13 Å². The molecular formula is C20H21FO. The van der Waals surface area contributed by atoms with E-state index in [4.69, 9.17) is 4.74 Å². The van der Waals surface area contributed by atoms with Gasteiger partial charge in [0.25, 0.3) is 0 Å². The molecule has 0 unspecified atom stereocenters. The highest BCUT2D eigenvalue weighted by atomic mass is 19.1. The second-order valence-corrected chi connectivity index (χ2v) is 5.28. The minimum atomic E-state index is -0.222. The molecule has 0 saturated heterocycles. The van der Waals surface area contributed by atoms with E-state index in [-0.39, 0.29) is 11.7 Å².